The average Bonchev–Trinajstić information content (AvgIpc) is 3.03. The molecule has 5 nitrogen and oxygen atoms in total. The zero-order valence-electron chi connectivity index (χ0n) is 14.6. The molecule has 0 aliphatic rings. The first-order valence-electron chi connectivity index (χ1n) is 7.91. The van der Waals surface area contributed by atoms with Crippen molar-refractivity contribution in [2.24, 2.45) is 4.99 Å². The molecule has 0 saturated carbocycles. The number of benzene rings is 1. The van der Waals surface area contributed by atoms with Crippen LogP contribution in [0, 0.1) is 5.82 Å². The number of thiazole rings is 1. The minimum atomic E-state index is -0.306. The van der Waals surface area contributed by atoms with E-state index in [0.29, 0.717) is 24.8 Å². The lowest BCUT2D eigenvalue weighted by molar-refractivity contribution is 0.223. The number of guanidine groups is 1. The van der Waals surface area contributed by atoms with Crippen molar-refractivity contribution in [3.63, 3.8) is 0 Å². The monoisotopic (exact) mass is 478 g/mol. The van der Waals surface area contributed by atoms with E-state index in [1.54, 1.807) is 30.5 Å². The molecule has 2 rings (SSSR count). The van der Waals surface area contributed by atoms with Crippen molar-refractivity contribution in [2.75, 3.05) is 13.6 Å². The highest BCUT2D eigenvalue weighted by Crippen LogP contribution is 2.14. The fraction of sp³-hybridized carbons (Fsp3) is 0.412. The Balaban J connectivity index is 0.00000312. The quantitative estimate of drug-likeness (QED) is 0.363. The summed E-state index contributed by atoms with van der Waals surface area (Å²) in [6, 6.07) is 6.13. The van der Waals surface area contributed by atoms with Gasteiger partial charge in [0.1, 0.15) is 22.7 Å². The largest absolute Gasteiger partial charge is 0.489 e. The smallest absolute Gasteiger partial charge is 0.191 e. The highest BCUT2D eigenvalue weighted by molar-refractivity contribution is 14.0. The van der Waals surface area contributed by atoms with Gasteiger partial charge in [-0.2, -0.15) is 0 Å². The first kappa shape index (κ1) is 21.6. The lowest BCUT2D eigenvalue weighted by Crippen LogP contribution is -2.41. The Bertz CT molecular complexity index is 680. The van der Waals surface area contributed by atoms with Crippen LogP contribution in [-0.2, 0) is 13.0 Å². The van der Waals surface area contributed by atoms with Crippen LogP contribution in [0.5, 0.6) is 5.75 Å². The molecule has 1 aromatic heterocycles. The Morgan fingerprint density at radius 3 is 2.84 bits per heavy atom. The zero-order chi connectivity index (χ0) is 17.4. The van der Waals surface area contributed by atoms with Crippen LogP contribution in [0.3, 0.4) is 0 Å². The van der Waals surface area contributed by atoms with E-state index in [4.69, 9.17) is 4.74 Å². The van der Waals surface area contributed by atoms with Gasteiger partial charge in [-0.1, -0.05) is 13.0 Å². The maximum Gasteiger partial charge on any atom is 0.191 e. The molecule has 0 saturated heterocycles. The minimum Gasteiger partial charge on any atom is -0.489 e. The number of aliphatic imine (C=N–C) groups is 1. The zero-order valence-corrected chi connectivity index (χ0v) is 17.7. The van der Waals surface area contributed by atoms with Crippen LogP contribution in [0.2, 0.25) is 0 Å². The second-order valence-electron chi connectivity index (χ2n) is 5.27. The fourth-order valence-corrected chi connectivity index (χ4v) is 2.83. The first-order chi connectivity index (χ1) is 11.6. The third kappa shape index (κ3) is 7.55. The Morgan fingerprint density at radius 2 is 2.20 bits per heavy atom. The molecule has 138 valence electrons. The Morgan fingerprint density at radius 1 is 1.40 bits per heavy atom. The molecule has 0 fully saturated rings. The van der Waals surface area contributed by atoms with Gasteiger partial charge in [-0.05, 0) is 25.5 Å². The van der Waals surface area contributed by atoms with E-state index >= 15 is 0 Å². The van der Waals surface area contributed by atoms with Gasteiger partial charge in [-0.25, -0.2) is 9.37 Å². The summed E-state index contributed by atoms with van der Waals surface area (Å²) in [5, 5.41) is 7.44. The number of hydrogen-bond donors (Lipinski definition) is 2. The molecule has 1 unspecified atom stereocenters. The highest BCUT2D eigenvalue weighted by Gasteiger charge is 2.07. The molecule has 2 aromatic rings. The molecule has 0 bridgehead atoms. The summed E-state index contributed by atoms with van der Waals surface area (Å²) < 4.78 is 18.8. The lowest BCUT2D eigenvalue weighted by atomic mass is 10.3. The predicted octanol–water partition coefficient (Wildman–Crippen LogP) is 3.60. The lowest BCUT2D eigenvalue weighted by Gasteiger charge is -2.17. The Labute approximate surface area is 169 Å². The van der Waals surface area contributed by atoms with E-state index < -0.39 is 0 Å². The van der Waals surface area contributed by atoms with Crippen molar-refractivity contribution in [3.05, 3.63) is 46.2 Å². The number of hydrogen-bond acceptors (Lipinski definition) is 4. The SMILES string of the molecule is CCc1cnc(CNC(=NC)NCC(C)Oc2cccc(F)c2)s1.I. The van der Waals surface area contributed by atoms with Gasteiger partial charge in [0.2, 0.25) is 0 Å². The van der Waals surface area contributed by atoms with Gasteiger partial charge < -0.3 is 15.4 Å². The van der Waals surface area contributed by atoms with E-state index in [0.717, 1.165) is 11.4 Å². The van der Waals surface area contributed by atoms with Gasteiger partial charge in [0.25, 0.3) is 0 Å². The average molecular weight is 478 g/mol. The van der Waals surface area contributed by atoms with Gasteiger partial charge >= 0.3 is 0 Å². The molecular formula is C17H24FIN4OS. The van der Waals surface area contributed by atoms with Gasteiger partial charge in [0.15, 0.2) is 5.96 Å². The summed E-state index contributed by atoms with van der Waals surface area (Å²) in [5.41, 5.74) is 0. The van der Waals surface area contributed by atoms with Crippen LogP contribution < -0.4 is 15.4 Å². The van der Waals surface area contributed by atoms with Crippen LogP contribution in [0.15, 0.2) is 35.5 Å². The normalized spacial score (nSPS) is 12.2. The van der Waals surface area contributed by atoms with Crippen LogP contribution >= 0.6 is 35.3 Å². The molecule has 0 amide bonds. The van der Waals surface area contributed by atoms with Gasteiger partial charge in [0, 0.05) is 24.2 Å². The summed E-state index contributed by atoms with van der Waals surface area (Å²) in [6.07, 6.45) is 2.78. The number of ether oxygens (including phenoxy) is 1. The summed E-state index contributed by atoms with van der Waals surface area (Å²) in [4.78, 5) is 9.81. The van der Waals surface area contributed by atoms with Crippen molar-refractivity contribution in [1.82, 2.24) is 15.6 Å². The van der Waals surface area contributed by atoms with E-state index in [9.17, 15) is 4.39 Å². The van der Waals surface area contributed by atoms with E-state index in [1.807, 2.05) is 13.1 Å². The summed E-state index contributed by atoms with van der Waals surface area (Å²) in [7, 11) is 1.72. The number of aryl methyl sites for hydroxylation is 1. The van der Waals surface area contributed by atoms with Crippen LogP contribution in [0.4, 0.5) is 4.39 Å². The standard InChI is InChI=1S/C17H23FN4OS.HI/c1-4-15-10-20-16(24-15)11-22-17(19-3)21-9-12(2)23-14-7-5-6-13(18)8-14;/h5-8,10,12H,4,9,11H2,1-3H3,(H2,19,21,22);1H. The number of aromatic nitrogens is 1. The van der Waals surface area contributed by atoms with Crippen LogP contribution in [0.25, 0.3) is 0 Å². The van der Waals surface area contributed by atoms with Crippen LogP contribution in [-0.4, -0.2) is 30.6 Å². The number of nitrogens with one attached hydrogen (secondary N) is 2. The van der Waals surface area contributed by atoms with Gasteiger partial charge in [-0.15, -0.1) is 35.3 Å². The molecule has 1 atom stereocenters. The third-order valence-corrected chi connectivity index (χ3v) is 4.41. The maximum absolute atomic E-state index is 13.1. The number of halogens is 2. The third-order valence-electron chi connectivity index (χ3n) is 3.27. The molecule has 8 heteroatoms. The van der Waals surface area contributed by atoms with Crippen LogP contribution in [0.1, 0.15) is 23.7 Å². The van der Waals surface area contributed by atoms with Crippen molar-refractivity contribution in [1.29, 1.82) is 0 Å². The molecular weight excluding hydrogens is 454 g/mol. The Kier molecular flexibility index (Phi) is 9.73. The second kappa shape index (κ2) is 11.2. The fourth-order valence-electron chi connectivity index (χ4n) is 2.03. The molecule has 0 aliphatic carbocycles. The topological polar surface area (TPSA) is 58.5 Å². The minimum absolute atomic E-state index is 0. The number of nitrogens with zero attached hydrogens (tertiary/aromatic N) is 2. The van der Waals surface area contributed by atoms with Crippen molar-refractivity contribution < 1.29 is 9.13 Å². The molecule has 25 heavy (non-hydrogen) atoms. The van der Waals surface area contributed by atoms with Crippen molar-refractivity contribution in [2.45, 2.75) is 32.9 Å². The molecule has 1 heterocycles. The summed E-state index contributed by atoms with van der Waals surface area (Å²) in [5.74, 6) is 0.889. The number of rotatable bonds is 7. The van der Waals surface area contributed by atoms with E-state index in [2.05, 4.69) is 27.5 Å². The summed E-state index contributed by atoms with van der Waals surface area (Å²) >= 11 is 1.70. The highest BCUT2D eigenvalue weighted by atomic mass is 127. The summed E-state index contributed by atoms with van der Waals surface area (Å²) in [6.45, 7) is 5.21. The Hall–Kier alpha value is -1.42. The second-order valence-corrected chi connectivity index (χ2v) is 6.47. The molecule has 0 aliphatic heterocycles. The molecule has 1 aromatic carbocycles. The molecule has 2 N–H and O–H groups in total. The van der Waals surface area contributed by atoms with Crippen molar-refractivity contribution >= 4 is 41.3 Å². The molecule has 0 radical (unpaired) electrons. The predicted molar refractivity (Wildman–Crippen MR) is 112 cm³/mol. The van der Waals surface area contributed by atoms with Crippen molar-refractivity contribution in [3.8, 4) is 5.75 Å². The molecule has 0 spiro atoms. The maximum atomic E-state index is 13.1. The van der Waals surface area contributed by atoms with Gasteiger partial charge in [0.05, 0.1) is 13.1 Å². The first-order valence-corrected chi connectivity index (χ1v) is 8.72. The van der Waals surface area contributed by atoms with E-state index in [1.165, 1.54) is 17.0 Å². The van der Waals surface area contributed by atoms with E-state index in [-0.39, 0.29) is 35.9 Å². The van der Waals surface area contributed by atoms with Gasteiger partial charge in [-0.3, -0.25) is 4.99 Å².